The van der Waals surface area contributed by atoms with E-state index in [0.29, 0.717) is 6.04 Å². The zero-order valence-electron chi connectivity index (χ0n) is 12.7. The molecule has 1 aliphatic heterocycles. The van der Waals surface area contributed by atoms with E-state index in [0.717, 1.165) is 36.4 Å². The van der Waals surface area contributed by atoms with Crippen molar-refractivity contribution in [3.63, 3.8) is 0 Å². The minimum absolute atomic E-state index is 0.105. The van der Waals surface area contributed by atoms with Crippen LogP contribution in [0.25, 0.3) is 0 Å². The molecule has 0 radical (unpaired) electrons. The van der Waals surface area contributed by atoms with E-state index in [4.69, 9.17) is 0 Å². The lowest BCUT2D eigenvalue weighted by molar-refractivity contribution is 0.554. The van der Waals surface area contributed by atoms with E-state index in [9.17, 15) is 4.39 Å². The number of nitrogens with one attached hydrogen (secondary N) is 1. The molecule has 1 N–H and O–H groups in total. The van der Waals surface area contributed by atoms with Crippen LogP contribution in [-0.4, -0.2) is 31.1 Å². The highest BCUT2D eigenvalue weighted by molar-refractivity contribution is 7.99. The summed E-state index contributed by atoms with van der Waals surface area (Å²) in [7, 11) is 2.03. The Morgan fingerprint density at radius 3 is 2.95 bits per heavy atom. The molecule has 1 heterocycles. The molecule has 0 amide bonds. The van der Waals surface area contributed by atoms with Crippen LogP contribution in [0, 0.1) is 5.82 Å². The van der Waals surface area contributed by atoms with Gasteiger partial charge in [0, 0.05) is 24.9 Å². The minimum Gasteiger partial charge on any atom is -0.368 e. The Morgan fingerprint density at radius 2 is 2.30 bits per heavy atom. The van der Waals surface area contributed by atoms with Crippen molar-refractivity contribution < 1.29 is 4.39 Å². The Bertz CT molecular complexity index is 432. The summed E-state index contributed by atoms with van der Waals surface area (Å²) in [4.78, 5) is 2.15. The maximum absolute atomic E-state index is 14.4. The van der Waals surface area contributed by atoms with E-state index in [-0.39, 0.29) is 11.9 Å². The summed E-state index contributed by atoms with van der Waals surface area (Å²) in [5, 5.41) is 3.46. The average molecular weight is 296 g/mol. The third-order valence-electron chi connectivity index (χ3n) is 3.99. The van der Waals surface area contributed by atoms with E-state index in [2.05, 4.69) is 24.1 Å². The molecule has 0 saturated carbocycles. The fraction of sp³-hybridized carbons (Fsp3) is 0.625. The largest absolute Gasteiger partial charge is 0.368 e. The second-order valence-electron chi connectivity index (χ2n) is 5.48. The van der Waals surface area contributed by atoms with Crippen LogP contribution in [-0.2, 0) is 0 Å². The molecule has 0 bridgehead atoms. The molecule has 4 heteroatoms. The standard InChI is InChI=1S/C16H25FN2S/c1-4-9-18-12(2)14-6-5-7-15(17)16(14)19(3)13-8-10-20-11-13/h5-7,12-13,18H,4,8-11H2,1-3H3. The van der Waals surface area contributed by atoms with E-state index in [1.54, 1.807) is 6.07 Å². The first-order valence-corrected chi connectivity index (χ1v) is 8.63. The summed E-state index contributed by atoms with van der Waals surface area (Å²) in [5.41, 5.74) is 1.84. The predicted octanol–water partition coefficient (Wildman–Crippen LogP) is 3.83. The smallest absolute Gasteiger partial charge is 0.146 e. The van der Waals surface area contributed by atoms with Crippen LogP contribution in [0.5, 0.6) is 0 Å². The lowest BCUT2D eigenvalue weighted by Crippen LogP contribution is -2.34. The third-order valence-corrected chi connectivity index (χ3v) is 5.14. The van der Waals surface area contributed by atoms with Gasteiger partial charge < -0.3 is 10.2 Å². The van der Waals surface area contributed by atoms with Crippen LogP contribution in [0.4, 0.5) is 10.1 Å². The molecule has 112 valence electrons. The molecule has 1 saturated heterocycles. The number of para-hydroxylation sites is 1. The number of halogens is 1. The first-order valence-electron chi connectivity index (χ1n) is 7.47. The Kier molecular flexibility index (Phi) is 5.73. The summed E-state index contributed by atoms with van der Waals surface area (Å²) >= 11 is 1.96. The number of hydrogen-bond acceptors (Lipinski definition) is 3. The van der Waals surface area contributed by atoms with E-state index in [1.165, 1.54) is 5.75 Å². The summed E-state index contributed by atoms with van der Waals surface area (Å²) in [5.74, 6) is 2.18. The van der Waals surface area contributed by atoms with Gasteiger partial charge >= 0.3 is 0 Å². The Balaban J connectivity index is 2.25. The molecule has 0 aromatic heterocycles. The highest BCUT2D eigenvalue weighted by Crippen LogP contribution is 2.33. The van der Waals surface area contributed by atoms with Crippen LogP contribution < -0.4 is 10.2 Å². The SMILES string of the molecule is CCCNC(C)c1cccc(F)c1N(C)C1CCSC1. The topological polar surface area (TPSA) is 15.3 Å². The Hall–Kier alpha value is -0.740. The van der Waals surface area contributed by atoms with Gasteiger partial charge in [-0.05, 0) is 43.7 Å². The van der Waals surface area contributed by atoms with Gasteiger partial charge in [0.15, 0.2) is 0 Å². The van der Waals surface area contributed by atoms with Gasteiger partial charge in [0.1, 0.15) is 5.82 Å². The van der Waals surface area contributed by atoms with Crippen molar-refractivity contribution in [1.82, 2.24) is 5.32 Å². The van der Waals surface area contributed by atoms with E-state index >= 15 is 0 Å². The number of benzene rings is 1. The zero-order chi connectivity index (χ0) is 14.5. The Labute approximate surface area is 126 Å². The van der Waals surface area contributed by atoms with Gasteiger partial charge in [-0.1, -0.05) is 19.1 Å². The highest BCUT2D eigenvalue weighted by atomic mass is 32.2. The molecule has 1 aliphatic rings. The molecular formula is C16H25FN2S. The summed E-state index contributed by atoms with van der Waals surface area (Å²) in [6.45, 7) is 5.22. The molecule has 2 rings (SSSR count). The number of rotatable bonds is 6. The van der Waals surface area contributed by atoms with Crippen molar-refractivity contribution in [3.05, 3.63) is 29.6 Å². The van der Waals surface area contributed by atoms with Crippen LogP contribution in [0.1, 0.15) is 38.3 Å². The summed E-state index contributed by atoms with van der Waals surface area (Å²) < 4.78 is 14.4. The van der Waals surface area contributed by atoms with Gasteiger partial charge in [0.2, 0.25) is 0 Å². The number of thioether (sulfide) groups is 1. The monoisotopic (exact) mass is 296 g/mol. The highest BCUT2D eigenvalue weighted by Gasteiger charge is 2.25. The average Bonchev–Trinajstić information content (AvgIpc) is 2.98. The van der Waals surface area contributed by atoms with Crippen LogP contribution in [0.3, 0.4) is 0 Å². The van der Waals surface area contributed by atoms with Gasteiger partial charge in [-0.15, -0.1) is 0 Å². The fourth-order valence-electron chi connectivity index (χ4n) is 2.73. The van der Waals surface area contributed by atoms with Gasteiger partial charge in [-0.25, -0.2) is 4.39 Å². The van der Waals surface area contributed by atoms with Gasteiger partial charge in [-0.3, -0.25) is 0 Å². The molecule has 20 heavy (non-hydrogen) atoms. The number of nitrogens with zero attached hydrogens (tertiary/aromatic N) is 1. The zero-order valence-corrected chi connectivity index (χ0v) is 13.5. The van der Waals surface area contributed by atoms with Crippen LogP contribution >= 0.6 is 11.8 Å². The second-order valence-corrected chi connectivity index (χ2v) is 6.63. The molecular weight excluding hydrogens is 271 g/mol. The molecule has 2 unspecified atom stereocenters. The predicted molar refractivity (Wildman–Crippen MR) is 87.2 cm³/mol. The van der Waals surface area contributed by atoms with Crippen LogP contribution in [0.15, 0.2) is 18.2 Å². The summed E-state index contributed by atoms with van der Waals surface area (Å²) in [6, 6.07) is 6.07. The first kappa shape index (κ1) is 15.6. The number of hydrogen-bond donors (Lipinski definition) is 1. The van der Waals surface area contributed by atoms with Crippen molar-refractivity contribution >= 4 is 17.4 Å². The van der Waals surface area contributed by atoms with E-state index < -0.39 is 0 Å². The summed E-state index contributed by atoms with van der Waals surface area (Å²) in [6.07, 6.45) is 2.23. The van der Waals surface area contributed by atoms with Crippen molar-refractivity contribution in [3.8, 4) is 0 Å². The van der Waals surface area contributed by atoms with Crippen molar-refractivity contribution in [1.29, 1.82) is 0 Å². The molecule has 2 nitrogen and oxygen atoms in total. The second kappa shape index (κ2) is 7.32. The molecule has 2 atom stereocenters. The first-order chi connectivity index (χ1) is 9.65. The molecule has 0 spiro atoms. The fourth-order valence-corrected chi connectivity index (χ4v) is 4.00. The maximum atomic E-state index is 14.4. The van der Waals surface area contributed by atoms with Crippen LogP contribution in [0.2, 0.25) is 0 Å². The molecule has 0 aliphatic carbocycles. The quantitative estimate of drug-likeness (QED) is 0.859. The molecule has 1 aromatic carbocycles. The lowest BCUT2D eigenvalue weighted by atomic mass is 10.0. The van der Waals surface area contributed by atoms with Gasteiger partial charge in [0.25, 0.3) is 0 Å². The maximum Gasteiger partial charge on any atom is 0.146 e. The van der Waals surface area contributed by atoms with E-state index in [1.807, 2.05) is 30.9 Å². The molecule has 1 fully saturated rings. The van der Waals surface area contributed by atoms with Crippen molar-refractivity contribution in [2.24, 2.45) is 0 Å². The van der Waals surface area contributed by atoms with Gasteiger partial charge in [-0.2, -0.15) is 11.8 Å². The van der Waals surface area contributed by atoms with Crippen molar-refractivity contribution in [2.75, 3.05) is 30.0 Å². The lowest BCUT2D eigenvalue weighted by Gasteiger charge is -2.30. The third kappa shape index (κ3) is 3.47. The molecule has 1 aromatic rings. The van der Waals surface area contributed by atoms with Crippen molar-refractivity contribution in [2.45, 2.75) is 38.8 Å². The Morgan fingerprint density at radius 1 is 1.50 bits per heavy atom. The number of anilines is 1. The minimum atomic E-state index is -0.105. The normalized spacial score (nSPS) is 20.1. The van der Waals surface area contributed by atoms with Gasteiger partial charge in [0.05, 0.1) is 5.69 Å².